The third kappa shape index (κ3) is 3.82. The molecule has 0 aromatic carbocycles. The highest BCUT2D eigenvalue weighted by molar-refractivity contribution is 5.85. The number of carbonyl (C=O) groups excluding carboxylic acids is 1. The quantitative estimate of drug-likeness (QED) is 0.747. The zero-order chi connectivity index (χ0) is 12.3. The summed E-state index contributed by atoms with van der Waals surface area (Å²) >= 11 is 0. The Labute approximate surface area is 114 Å². The summed E-state index contributed by atoms with van der Waals surface area (Å²) in [6, 6.07) is 0. The monoisotopic (exact) mass is 278 g/mol. The molecular weight excluding hydrogens is 256 g/mol. The summed E-state index contributed by atoms with van der Waals surface area (Å²) in [5.41, 5.74) is 0. The summed E-state index contributed by atoms with van der Waals surface area (Å²) in [7, 11) is 0. The SMILES string of the molecule is CC(O)C1CCN(C(=O)C2CNCCO2)CC1.Cl. The van der Waals surface area contributed by atoms with Crippen molar-refractivity contribution in [2.75, 3.05) is 32.8 Å². The molecule has 0 aliphatic carbocycles. The molecule has 2 aliphatic rings. The van der Waals surface area contributed by atoms with Crippen molar-refractivity contribution in [1.82, 2.24) is 10.2 Å². The van der Waals surface area contributed by atoms with Gasteiger partial charge in [-0.15, -0.1) is 12.4 Å². The Balaban J connectivity index is 0.00000162. The Hall–Kier alpha value is -0.360. The second-order valence-electron chi connectivity index (χ2n) is 4.97. The Kier molecular flexibility index (Phi) is 6.35. The first-order chi connectivity index (χ1) is 8.18. The Bertz CT molecular complexity index is 262. The number of halogens is 1. The van der Waals surface area contributed by atoms with E-state index in [2.05, 4.69) is 5.32 Å². The smallest absolute Gasteiger partial charge is 0.253 e. The van der Waals surface area contributed by atoms with Crippen LogP contribution in [0.5, 0.6) is 0 Å². The molecule has 0 aromatic heterocycles. The zero-order valence-electron chi connectivity index (χ0n) is 10.8. The molecule has 106 valence electrons. The molecule has 5 nitrogen and oxygen atoms in total. The van der Waals surface area contributed by atoms with E-state index in [-0.39, 0.29) is 30.5 Å². The van der Waals surface area contributed by atoms with Gasteiger partial charge < -0.3 is 20.1 Å². The van der Waals surface area contributed by atoms with Gasteiger partial charge in [-0.25, -0.2) is 0 Å². The molecule has 0 spiro atoms. The van der Waals surface area contributed by atoms with Crippen molar-refractivity contribution in [2.45, 2.75) is 32.0 Å². The minimum atomic E-state index is -0.313. The molecule has 2 atom stereocenters. The molecule has 2 heterocycles. The fourth-order valence-corrected chi connectivity index (χ4v) is 2.53. The maximum absolute atomic E-state index is 12.1. The average Bonchev–Trinajstić information content (AvgIpc) is 2.39. The lowest BCUT2D eigenvalue weighted by Crippen LogP contribution is -2.51. The highest BCUT2D eigenvalue weighted by Gasteiger charge is 2.30. The third-order valence-corrected chi connectivity index (χ3v) is 3.74. The van der Waals surface area contributed by atoms with Crippen LogP contribution in [-0.2, 0) is 9.53 Å². The van der Waals surface area contributed by atoms with Gasteiger partial charge in [-0.2, -0.15) is 0 Å². The van der Waals surface area contributed by atoms with E-state index in [9.17, 15) is 9.90 Å². The van der Waals surface area contributed by atoms with E-state index in [1.165, 1.54) is 0 Å². The van der Waals surface area contributed by atoms with Crippen LogP contribution in [0.15, 0.2) is 0 Å². The molecule has 2 saturated heterocycles. The number of nitrogens with zero attached hydrogens (tertiary/aromatic N) is 1. The molecule has 0 aromatic rings. The second kappa shape index (κ2) is 7.28. The number of hydrogen-bond donors (Lipinski definition) is 2. The lowest BCUT2D eigenvalue weighted by molar-refractivity contribution is -0.147. The standard InChI is InChI=1S/C12H22N2O3.ClH/c1-9(15)10-2-5-14(6-3-10)12(16)11-8-13-4-7-17-11;/h9-11,13,15H,2-8H2,1H3;1H. The fourth-order valence-electron chi connectivity index (χ4n) is 2.53. The normalized spacial score (nSPS) is 27.4. The second-order valence-corrected chi connectivity index (χ2v) is 4.97. The molecule has 2 unspecified atom stereocenters. The minimum Gasteiger partial charge on any atom is -0.393 e. The fraction of sp³-hybridized carbons (Fsp3) is 0.917. The van der Waals surface area contributed by atoms with Gasteiger partial charge in [0.15, 0.2) is 0 Å². The number of piperidine rings is 1. The van der Waals surface area contributed by atoms with E-state index in [1.807, 2.05) is 11.8 Å². The summed E-state index contributed by atoms with van der Waals surface area (Å²) in [6.45, 7) is 5.38. The van der Waals surface area contributed by atoms with Crippen LogP contribution < -0.4 is 5.32 Å². The Morgan fingerprint density at radius 1 is 1.44 bits per heavy atom. The minimum absolute atomic E-state index is 0. The van der Waals surface area contributed by atoms with E-state index in [1.54, 1.807) is 0 Å². The summed E-state index contributed by atoms with van der Waals surface area (Å²) in [5, 5.41) is 12.7. The molecule has 2 rings (SSSR count). The van der Waals surface area contributed by atoms with Crippen molar-refractivity contribution < 1.29 is 14.6 Å². The number of likely N-dealkylation sites (tertiary alicyclic amines) is 1. The van der Waals surface area contributed by atoms with Gasteiger partial charge in [0.1, 0.15) is 6.10 Å². The predicted molar refractivity (Wildman–Crippen MR) is 70.8 cm³/mol. The molecule has 18 heavy (non-hydrogen) atoms. The number of hydrogen-bond acceptors (Lipinski definition) is 4. The van der Waals surface area contributed by atoms with Crippen LogP contribution in [0.2, 0.25) is 0 Å². The zero-order valence-corrected chi connectivity index (χ0v) is 11.6. The summed E-state index contributed by atoms with van der Waals surface area (Å²) in [6.07, 6.45) is 1.21. The van der Waals surface area contributed by atoms with Gasteiger partial charge in [0, 0.05) is 26.2 Å². The highest BCUT2D eigenvalue weighted by Crippen LogP contribution is 2.21. The molecular formula is C12H23ClN2O3. The topological polar surface area (TPSA) is 61.8 Å². The first kappa shape index (κ1) is 15.7. The van der Waals surface area contributed by atoms with Crippen LogP contribution in [-0.4, -0.2) is 60.9 Å². The molecule has 2 N–H and O–H groups in total. The van der Waals surface area contributed by atoms with Crippen LogP contribution in [0.3, 0.4) is 0 Å². The van der Waals surface area contributed by atoms with Crippen molar-refractivity contribution in [3.05, 3.63) is 0 Å². The first-order valence-electron chi connectivity index (χ1n) is 6.47. The number of aliphatic hydroxyl groups is 1. The van der Waals surface area contributed by atoms with Crippen LogP contribution in [0.25, 0.3) is 0 Å². The van der Waals surface area contributed by atoms with E-state index in [0.29, 0.717) is 19.1 Å². The number of morpholine rings is 1. The number of rotatable bonds is 2. The van der Waals surface area contributed by atoms with Crippen molar-refractivity contribution >= 4 is 18.3 Å². The van der Waals surface area contributed by atoms with Gasteiger partial charge in [0.25, 0.3) is 5.91 Å². The van der Waals surface area contributed by atoms with Crippen LogP contribution in [0.1, 0.15) is 19.8 Å². The number of nitrogens with one attached hydrogen (secondary N) is 1. The number of ether oxygens (including phenoxy) is 1. The average molecular weight is 279 g/mol. The molecule has 0 bridgehead atoms. The number of aliphatic hydroxyl groups excluding tert-OH is 1. The maximum Gasteiger partial charge on any atom is 0.253 e. The van der Waals surface area contributed by atoms with Crippen LogP contribution >= 0.6 is 12.4 Å². The maximum atomic E-state index is 12.1. The van der Waals surface area contributed by atoms with Gasteiger partial charge in [0.05, 0.1) is 12.7 Å². The number of amides is 1. The Morgan fingerprint density at radius 2 is 2.11 bits per heavy atom. The highest BCUT2D eigenvalue weighted by atomic mass is 35.5. The molecule has 2 fully saturated rings. The van der Waals surface area contributed by atoms with E-state index in [0.717, 1.165) is 32.5 Å². The van der Waals surface area contributed by atoms with E-state index >= 15 is 0 Å². The van der Waals surface area contributed by atoms with Gasteiger partial charge in [0.2, 0.25) is 0 Å². The molecule has 1 amide bonds. The number of carbonyl (C=O) groups is 1. The lowest BCUT2D eigenvalue weighted by atomic mass is 9.92. The molecule has 0 radical (unpaired) electrons. The Morgan fingerprint density at radius 3 is 2.61 bits per heavy atom. The van der Waals surface area contributed by atoms with Gasteiger partial charge in [-0.3, -0.25) is 4.79 Å². The van der Waals surface area contributed by atoms with Gasteiger partial charge in [-0.05, 0) is 25.7 Å². The summed E-state index contributed by atoms with van der Waals surface area (Å²) in [5.74, 6) is 0.436. The van der Waals surface area contributed by atoms with Gasteiger partial charge in [-0.1, -0.05) is 0 Å². The van der Waals surface area contributed by atoms with E-state index in [4.69, 9.17) is 4.74 Å². The molecule has 0 saturated carbocycles. The summed E-state index contributed by atoms with van der Waals surface area (Å²) in [4.78, 5) is 14.0. The van der Waals surface area contributed by atoms with Crippen molar-refractivity contribution in [3.63, 3.8) is 0 Å². The van der Waals surface area contributed by atoms with Crippen LogP contribution in [0.4, 0.5) is 0 Å². The molecule has 6 heteroatoms. The lowest BCUT2D eigenvalue weighted by Gasteiger charge is -2.36. The van der Waals surface area contributed by atoms with Crippen molar-refractivity contribution in [1.29, 1.82) is 0 Å². The van der Waals surface area contributed by atoms with E-state index < -0.39 is 0 Å². The van der Waals surface area contributed by atoms with Crippen molar-refractivity contribution in [2.24, 2.45) is 5.92 Å². The predicted octanol–water partition coefficient (Wildman–Crippen LogP) is 0.0160. The van der Waals surface area contributed by atoms with Gasteiger partial charge >= 0.3 is 0 Å². The van der Waals surface area contributed by atoms with Crippen LogP contribution in [0, 0.1) is 5.92 Å². The summed E-state index contributed by atoms with van der Waals surface area (Å²) < 4.78 is 5.46. The van der Waals surface area contributed by atoms with Crippen molar-refractivity contribution in [3.8, 4) is 0 Å². The molecule has 2 aliphatic heterocycles. The third-order valence-electron chi connectivity index (χ3n) is 3.74. The largest absolute Gasteiger partial charge is 0.393 e. The first-order valence-corrected chi connectivity index (χ1v) is 6.47.